The van der Waals surface area contributed by atoms with Crippen molar-refractivity contribution < 1.29 is 18.5 Å². The van der Waals surface area contributed by atoms with Crippen LogP contribution in [0.5, 0.6) is 0 Å². The van der Waals surface area contributed by atoms with E-state index in [2.05, 4.69) is 15.5 Å². The lowest BCUT2D eigenvalue weighted by Gasteiger charge is -2.04. The molecule has 0 atom stereocenters. The van der Waals surface area contributed by atoms with Gasteiger partial charge in [0.25, 0.3) is 11.1 Å². The third-order valence-electron chi connectivity index (χ3n) is 2.89. The Morgan fingerprint density at radius 2 is 2.24 bits per heavy atom. The number of rotatable bonds is 6. The van der Waals surface area contributed by atoms with Crippen molar-refractivity contribution in [3.05, 3.63) is 51.6 Å². The molecule has 3 aromatic rings. The van der Waals surface area contributed by atoms with Gasteiger partial charge < -0.3 is 9.73 Å². The van der Waals surface area contributed by atoms with E-state index in [9.17, 15) is 19.3 Å². The average Bonchev–Trinajstić information content (AvgIpc) is 3.25. The standard InChI is InChI=1S/C14H9FN4O4S2/c15-9-4-3-8(6-10(9)19(21)22)16-12(20)7-25-14-18-17-13(23-14)11-2-1-5-24-11/h1-6H,7H2,(H,16,20). The maximum atomic E-state index is 13.3. The number of carbonyl (C=O) groups is 1. The third kappa shape index (κ3) is 4.19. The minimum atomic E-state index is -0.968. The molecule has 11 heteroatoms. The molecule has 0 aliphatic rings. The van der Waals surface area contributed by atoms with E-state index in [-0.39, 0.29) is 16.7 Å². The number of amides is 1. The molecule has 2 aromatic heterocycles. The summed E-state index contributed by atoms with van der Waals surface area (Å²) in [4.78, 5) is 22.6. The maximum Gasteiger partial charge on any atom is 0.306 e. The lowest BCUT2D eigenvalue weighted by molar-refractivity contribution is -0.387. The molecule has 0 fully saturated rings. The van der Waals surface area contributed by atoms with Crippen LogP contribution in [0, 0.1) is 15.9 Å². The summed E-state index contributed by atoms with van der Waals surface area (Å²) in [5.74, 6) is -1.09. The van der Waals surface area contributed by atoms with Gasteiger partial charge in [-0.3, -0.25) is 14.9 Å². The van der Waals surface area contributed by atoms with Crippen LogP contribution in [0.15, 0.2) is 45.4 Å². The Hall–Kier alpha value is -2.79. The zero-order valence-corrected chi connectivity index (χ0v) is 14.0. The van der Waals surface area contributed by atoms with Crippen LogP contribution in [0.25, 0.3) is 10.8 Å². The lowest BCUT2D eigenvalue weighted by atomic mass is 10.2. The van der Waals surface area contributed by atoms with Crippen molar-refractivity contribution in [1.82, 2.24) is 10.2 Å². The van der Waals surface area contributed by atoms with Crippen LogP contribution in [0.2, 0.25) is 0 Å². The Balaban J connectivity index is 1.58. The number of nitro groups is 1. The summed E-state index contributed by atoms with van der Waals surface area (Å²) in [6.45, 7) is 0. The Labute approximate surface area is 148 Å². The largest absolute Gasteiger partial charge is 0.410 e. The average molecular weight is 380 g/mol. The predicted octanol–water partition coefficient (Wildman–Crippen LogP) is 3.58. The smallest absolute Gasteiger partial charge is 0.306 e. The monoisotopic (exact) mass is 380 g/mol. The summed E-state index contributed by atoms with van der Waals surface area (Å²) in [6.07, 6.45) is 0. The maximum absolute atomic E-state index is 13.3. The predicted molar refractivity (Wildman–Crippen MR) is 90.0 cm³/mol. The van der Waals surface area contributed by atoms with Gasteiger partial charge in [0, 0.05) is 11.8 Å². The number of nitrogens with zero attached hydrogens (tertiary/aromatic N) is 3. The van der Waals surface area contributed by atoms with Crippen LogP contribution in [0.4, 0.5) is 15.8 Å². The van der Waals surface area contributed by atoms with E-state index >= 15 is 0 Å². The Kier molecular flexibility index (Phi) is 5.05. The molecule has 0 saturated carbocycles. The fraction of sp³-hybridized carbons (Fsp3) is 0.0714. The third-order valence-corrected chi connectivity index (χ3v) is 4.57. The van der Waals surface area contributed by atoms with Gasteiger partial charge in [0.2, 0.25) is 11.7 Å². The molecule has 0 bridgehead atoms. The van der Waals surface area contributed by atoms with Gasteiger partial charge in [-0.2, -0.15) is 4.39 Å². The molecule has 25 heavy (non-hydrogen) atoms. The summed E-state index contributed by atoms with van der Waals surface area (Å²) in [6, 6.07) is 6.81. The van der Waals surface area contributed by atoms with Crippen LogP contribution in [0.3, 0.4) is 0 Å². The van der Waals surface area contributed by atoms with Crippen LogP contribution in [-0.4, -0.2) is 26.8 Å². The number of carbonyl (C=O) groups excluding carboxylic acids is 1. The molecule has 0 saturated heterocycles. The molecular weight excluding hydrogens is 371 g/mol. The minimum Gasteiger partial charge on any atom is -0.410 e. The number of halogens is 1. The van der Waals surface area contributed by atoms with E-state index in [1.165, 1.54) is 17.4 Å². The van der Waals surface area contributed by atoms with Gasteiger partial charge in [0.1, 0.15) is 0 Å². The van der Waals surface area contributed by atoms with E-state index in [0.29, 0.717) is 5.89 Å². The zero-order chi connectivity index (χ0) is 17.8. The van der Waals surface area contributed by atoms with Gasteiger partial charge in [-0.05, 0) is 23.6 Å². The number of anilines is 1. The summed E-state index contributed by atoms with van der Waals surface area (Å²) in [5.41, 5.74) is -0.577. The highest BCUT2D eigenvalue weighted by molar-refractivity contribution is 7.99. The number of hydrogen-bond acceptors (Lipinski definition) is 8. The SMILES string of the molecule is O=C(CSc1nnc(-c2cccs2)o1)Nc1ccc(F)c([N+](=O)[O-])c1. The number of hydrogen-bond donors (Lipinski definition) is 1. The molecule has 0 radical (unpaired) electrons. The molecule has 0 aliphatic carbocycles. The molecule has 1 aromatic carbocycles. The zero-order valence-electron chi connectivity index (χ0n) is 12.3. The molecular formula is C14H9FN4O4S2. The van der Waals surface area contributed by atoms with Crippen molar-refractivity contribution in [1.29, 1.82) is 0 Å². The van der Waals surface area contributed by atoms with Crippen molar-refractivity contribution in [2.45, 2.75) is 5.22 Å². The number of aromatic nitrogens is 2. The normalized spacial score (nSPS) is 10.6. The van der Waals surface area contributed by atoms with E-state index in [4.69, 9.17) is 4.42 Å². The van der Waals surface area contributed by atoms with Gasteiger partial charge in [-0.15, -0.1) is 21.5 Å². The quantitative estimate of drug-likeness (QED) is 0.395. The van der Waals surface area contributed by atoms with E-state index in [0.717, 1.165) is 28.8 Å². The molecule has 8 nitrogen and oxygen atoms in total. The van der Waals surface area contributed by atoms with E-state index in [1.807, 2.05) is 17.5 Å². The van der Waals surface area contributed by atoms with Crippen LogP contribution < -0.4 is 5.32 Å². The highest BCUT2D eigenvalue weighted by atomic mass is 32.2. The molecule has 1 N–H and O–H groups in total. The summed E-state index contributed by atoms with van der Waals surface area (Å²) in [5, 5.41) is 23.0. The fourth-order valence-electron chi connectivity index (χ4n) is 1.82. The number of nitro benzene ring substituents is 1. The highest BCUT2D eigenvalue weighted by Gasteiger charge is 2.16. The molecule has 3 rings (SSSR count). The molecule has 0 unspecified atom stereocenters. The lowest BCUT2D eigenvalue weighted by Crippen LogP contribution is -2.14. The summed E-state index contributed by atoms with van der Waals surface area (Å²) in [7, 11) is 0. The van der Waals surface area contributed by atoms with Gasteiger partial charge in [-0.1, -0.05) is 17.8 Å². The van der Waals surface area contributed by atoms with Crippen molar-refractivity contribution in [3.8, 4) is 10.8 Å². The molecule has 128 valence electrons. The topological polar surface area (TPSA) is 111 Å². The number of thioether (sulfide) groups is 1. The molecule has 1 amide bonds. The minimum absolute atomic E-state index is 0.0444. The van der Waals surface area contributed by atoms with Gasteiger partial charge in [0.15, 0.2) is 0 Å². The van der Waals surface area contributed by atoms with Gasteiger partial charge in [0.05, 0.1) is 15.6 Å². The van der Waals surface area contributed by atoms with Crippen molar-refractivity contribution in [2.75, 3.05) is 11.1 Å². The van der Waals surface area contributed by atoms with E-state index in [1.54, 1.807) is 0 Å². The summed E-state index contributed by atoms with van der Waals surface area (Å²) >= 11 is 2.47. The second-order valence-electron chi connectivity index (χ2n) is 4.61. The first-order chi connectivity index (χ1) is 12.0. The second-order valence-corrected chi connectivity index (χ2v) is 6.48. The fourth-order valence-corrected chi connectivity index (χ4v) is 3.03. The first kappa shape index (κ1) is 17.0. The van der Waals surface area contributed by atoms with Crippen molar-refractivity contribution >= 4 is 40.4 Å². The second kappa shape index (κ2) is 7.40. The van der Waals surface area contributed by atoms with Crippen LogP contribution in [0.1, 0.15) is 0 Å². The highest BCUT2D eigenvalue weighted by Crippen LogP contribution is 2.27. The first-order valence-electron chi connectivity index (χ1n) is 6.77. The van der Waals surface area contributed by atoms with Gasteiger partial charge >= 0.3 is 5.69 Å². The molecule has 0 spiro atoms. The molecule has 0 aliphatic heterocycles. The first-order valence-corrected chi connectivity index (χ1v) is 8.63. The van der Waals surface area contributed by atoms with E-state index < -0.39 is 22.3 Å². The molecule has 2 heterocycles. The number of nitrogens with one attached hydrogen (secondary N) is 1. The van der Waals surface area contributed by atoms with Crippen LogP contribution in [-0.2, 0) is 4.79 Å². The summed E-state index contributed by atoms with van der Waals surface area (Å²) < 4.78 is 18.7. The Morgan fingerprint density at radius 3 is 2.96 bits per heavy atom. The Morgan fingerprint density at radius 1 is 1.40 bits per heavy atom. The van der Waals surface area contributed by atoms with Crippen molar-refractivity contribution in [3.63, 3.8) is 0 Å². The number of thiophene rings is 1. The Bertz CT molecular complexity index is 913. The number of benzene rings is 1. The van der Waals surface area contributed by atoms with Gasteiger partial charge in [-0.25, -0.2) is 0 Å². The van der Waals surface area contributed by atoms with Crippen molar-refractivity contribution in [2.24, 2.45) is 0 Å². The van der Waals surface area contributed by atoms with Crippen LogP contribution >= 0.6 is 23.1 Å².